The lowest BCUT2D eigenvalue weighted by molar-refractivity contribution is 0.670. The SMILES string of the molecule is c1ccc2c(c1)-c1ccccc1C21c2ccccc2-c2cc(Nc3cc4ccccc4c4c3oc3ccccc34)ccc21. The first-order valence-electron chi connectivity index (χ1n) is 14.9. The maximum Gasteiger partial charge on any atom is 0.159 e. The van der Waals surface area contributed by atoms with Gasteiger partial charge in [-0.05, 0) is 79.5 Å². The van der Waals surface area contributed by atoms with E-state index in [4.69, 9.17) is 4.42 Å². The molecule has 0 radical (unpaired) electrons. The van der Waals surface area contributed by atoms with E-state index in [1.807, 2.05) is 6.07 Å². The molecule has 0 saturated carbocycles. The molecular formula is C41H25NO. The second-order valence-electron chi connectivity index (χ2n) is 11.7. The third kappa shape index (κ3) is 2.88. The van der Waals surface area contributed by atoms with Crippen molar-refractivity contribution in [2.75, 3.05) is 5.32 Å². The van der Waals surface area contributed by atoms with E-state index in [0.717, 1.165) is 33.3 Å². The van der Waals surface area contributed by atoms with Crippen LogP contribution in [0.3, 0.4) is 0 Å². The zero-order chi connectivity index (χ0) is 28.1. The Bertz CT molecular complexity index is 2400. The Balaban J connectivity index is 1.20. The van der Waals surface area contributed by atoms with E-state index >= 15 is 0 Å². The van der Waals surface area contributed by atoms with Crippen molar-refractivity contribution in [3.63, 3.8) is 0 Å². The van der Waals surface area contributed by atoms with Crippen LogP contribution in [0.5, 0.6) is 0 Å². The molecule has 1 spiro atoms. The molecule has 0 fully saturated rings. The summed E-state index contributed by atoms with van der Waals surface area (Å²) in [4.78, 5) is 0. The Morgan fingerprint density at radius 3 is 1.74 bits per heavy atom. The van der Waals surface area contributed by atoms with Gasteiger partial charge in [-0.3, -0.25) is 0 Å². The van der Waals surface area contributed by atoms with Crippen molar-refractivity contribution in [3.05, 3.63) is 168 Å². The average Bonchev–Trinajstić information content (AvgIpc) is 3.70. The highest BCUT2D eigenvalue weighted by atomic mass is 16.3. The molecule has 2 heteroatoms. The summed E-state index contributed by atoms with van der Waals surface area (Å²) in [6.07, 6.45) is 0. The largest absolute Gasteiger partial charge is 0.454 e. The lowest BCUT2D eigenvalue weighted by Gasteiger charge is -2.30. The fraction of sp³-hybridized carbons (Fsp3) is 0.0244. The molecule has 0 amide bonds. The van der Waals surface area contributed by atoms with Crippen LogP contribution in [0.2, 0.25) is 0 Å². The van der Waals surface area contributed by atoms with E-state index in [1.54, 1.807) is 0 Å². The monoisotopic (exact) mass is 547 g/mol. The lowest BCUT2D eigenvalue weighted by atomic mass is 9.70. The molecule has 2 aliphatic rings. The van der Waals surface area contributed by atoms with Crippen LogP contribution < -0.4 is 5.32 Å². The molecule has 2 aliphatic carbocycles. The van der Waals surface area contributed by atoms with E-state index in [1.165, 1.54) is 55.3 Å². The predicted molar refractivity (Wildman–Crippen MR) is 177 cm³/mol. The first kappa shape index (κ1) is 23.0. The first-order chi connectivity index (χ1) is 21.3. The molecule has 0 aliphatic heterocycles. The summed E-state index contributed by atoms with van der Waals surface area (Å²) in [5, 5.41) is 8.47. The normalized spacial score (nSPS) is 13.8. The summed E-state index contributed by atoms with van der Waals surface area (Å²) >= 11 is 0. The molecule has 1 heterocycles. The Morgan fingerprint density at radius 1 is 0.465 bits per heavy atom. The van der Waals surface area contributed by atoms with Crippen LogP contribution in [-0.2, 0) is 5.41 Å². The van der Waals surface area contributed by atoms with Crippen molar-refractivity contribution in [1.82, 2.24) is 0 Å². The molecule has 10 rings (SSSR count). The van der Waals surface area contributed by atoms with Crippen molar-refractivity contribution in [3.8, 4) is 22.3 Å². The van der Waals surface area contributed by atoms with Gasteiger partial charge >= 0.3 is 0 Å². The third-order valence-electron chi connectivity index (χ3n) is 9.65. The van der Waals surface area contributed by atoms with Crippen molar-refractivity contribution in [2.45, 2.75) is 5.41 Å². The second kappa shape index (κ2) is 8.24. The van der Waals surface area contributed by atoms with Crippen molar-refractivity contribution in [1.29, 1.82) is 0 Å². The highest BCUT2D eigenvalue weighted by Gasteiger charge is 2.51. The molecule has 43 heavy (non-hydrogen) atoms. The number of anilines is 2. The maximum atomic E-state index is 6.50. The average molecular weight is 548 g/mol. The summed E-state index contributed by atoms with van der Waals surface area (Å²) in [5.74, 6) is 0. The molecule has 0 bridgehead atoms. The summed E-state index contributed by atoms with van der Waals surface area (Å²) in [7, 11) is 0. The molecule has 2 nitrogen and oxygen atoms in total. The molecule has 0 unspecified atom stereocenters. The predicted octanol–water partition coefficient (Wildman–Crippen LogP) is 10.8. The Morgan fingerprint density at radius 2 is 1.02 bits per heavy atom. The minimum atomic E-state index is -0.327. The number of para-hydroxylation sites is 1. The third-order valence-corrected chi connectivity index (χ3v) is 9.65. The van der Waals surface area contributed by atoms with Gasteiger partial charge < -0.3 is 9.73 Å². The number of rotatable bonds is 2. The van der Waals surface area contributed by atoms with Crippen molar-refractivity contribution < 1.29 is 4.42 Å². The van der Waals surface area contributed by atoms with E-state index in [0.29, 0.717) is 0 Å². The van der Waals surface area contributed by atoms with Gasteiger partial charge in [0.1, 0.15) is 5.58 Å². The summed E-state index contributed by atoms with van der Waals surface area (Å²) in [6.45, 7) is 0. The van der Waals surface area contributed by atoms with Gasteiger partial charge in [0.15, 0.2) is 5.58 Å². The van der Waals surface area contributed by atoms with Gasteiger partial charge in [-0.25, -0.2) is 0 Å². The van der Waals surface area contributed by atoms with Gasteiger partial charge in [-0.1, -0.05) is 121 Å². The molecule has 1 aromatic heterocycles. The van der Waals surface area contributed by atoms with E-state index in [2.05, 4.69) is 145 Å². The van der Waals surface area contributed by atoms with Gasteiger partial charge in [0.25, 0.3) is 0 Å². The number of furan rings is 1. The number of hydrogen-bond acceptors (Lipinski definition) is 2. The van der Waals surface area contributed by atoms with Crippen LogP contribution >= 0.6 is 0 Å². The fourth-order valence-corrected chi connectivity index (χ4v) is 8.00. The van der Waals surface area contributed by atoms with Crippen LogP contribution in [0.25, 0.3) is 55.0 Å². The Labute approximate surface area is 248 Å². The zero-order valence-corrected chi connectivity index (χ0v) is 23.3. The van der Waals surface area contributed by atoms with Crippen molar-refractivity contribution >= 4 is 44.1 Å². The van der Waals surface area contributed by atoms with Gasteiger partial charge in [0.2, 0.25) is 0 Å². The van der Waals surface area contributed by atoms with Crippen LogP contribution in [-0.4, -0.2) is 0 Å². The van der Waals surface area contributed by atoms with Gasteiger partial charge in [-0.15, -0.1) is 0 Å². The van der Waals surface area contributed by atoms with Crippen LogP contribution in [0.4, 0.5) is 11.4 Å². The van der Waals surface area contributed by atoms with E-state index in [-0.39, 0.29) is 5.41 Å². The molecule has 8 aromatic rings. The molecule has 7 aromatic carbocycles. The van der Waals surface area contributed by atoms with Crippen LogP contribution in [0.15, 0.2) is 150 Å². The zero-order valence-electron chi connectivity index (χ0n) is 23.3. The van der Waals surface area contributed by atoms with Gasteiger partial charge in [0.05, 0.1) is 11.1 Å². The van der Waals surface area contributed by atoms with Crippen molar-refractivity contribution in [2.24, 2.45) is 0 Å². The fourth-order valence-electron chi connectivity index (χ4n) is 8.00. The molecule has 1 N–H and O–H groups in total. The Kier molecular flexibility index (Phi) is 4.41. The number of hydrogen-bond donors (Lipinski definition) is 1. The summed E-state index contributed by atoms with van der Waals surface area (Å²) in [6, 6.07) is 52.8. The molecule has 200 valence electrons. The minimum Gasteiger partial charge on any atom is -0.454 e. The topological polar surface area (TPSA) is 25.2 Å². The molecule has 0 saturated heterocycles. The number of benzene rings is 7. The highest BCUT2D eigenvalue weighted by molar-refractivity contribution is 6.22. The molecular weight excluding hydrogens is 522 g/mol. The summed E-state index contributed by atoms with van der Waals surface area (Å²) < 4.78 is 6.50. The smallest absolute Gasteiger partial charge is 0.159 e. The van der Waals surface area contributed by atoms with Gasteiger partial charge in [-0.2, -0.15) is 0 Å². The standard InChI is InChI=1S/C41H25NO/c1-2-12-27-25(11-1)23-37(40-39(27)31-16-6-10-20-38(31)43-40)42-26-21-22-36-32(24-26)30-15-5-9-19-35(30)41(36)33-17-7-3-13-28(33)29-14-4-8-18-34(29)41/h1-24,42H. The highest BCUT2D eigenvalue weighted by Crippen LogP contribution is 2.62. The Hall–Kier alpha value is -5.60. The molecule has 0 atom stereocenters. The minimum absolute atomic E-state index is 0.327. The quantitative estimate of drug-likeness (QED) is 0.233. The van der Waals surface area contributed by atoms with Crippen LogP contribution in [0, 0.1) is 0 Å². The maximum absolute atomic E-state index is 6.50. The van der Waals surface area contributed by atoms with Gasteiger partial charge in [0, 0.05) is 16.5 Å². The van der Waals surface area contributed by atoms with Crippen LogP contribution in [0.1, 0.15) is 22.3 Å². The second-order valence-corrected chi connectivity index (χ2v) is 11.7. The number of nitrogens with one attached hydrogen (secondary N) is 1. The lowest BCUT2D eigenvalue weighted by Crippen LogP contribution is -2.25. The number of fused-ring (bicyclic) bond motifs is 15. The first-order valence-corrected chi connectivity index (χ1v) is 14.9. The van der Waals surface area contributed by atoms with E-state index < -0.39 is 0 Å². The van der Waals surface area contributed by atoms with E-state index in [9.17, 15) is 0 Å². The summed E-state index contributed by atoms with van der Waals surface area (Å²) in [5.41, 5.74) is 14.1.